The molecule has 7 nitrogen and oxygen atoms in total. The van der Waals surface area contributed by atoms with Crippen LogP contribution >= 0.6 is 0 Å². The highest BCUT2D eigenvalue weighted by molar-refractivity contribution is 5.96. The lowest BCUT2D eigenvalue weighted by molar-refractivity contribution is 0.628. The van der Waals surface area contributed by atoms with Gasteiger partial charge < -0.3 is 9.80 Å². The van der Waals surface area contributed by atoms with Crippen LogP contribution in [0.2, 0.25) is 0 Å². The maximum atomic E-state index is 13.9. The molecule has 2 aromatic heterocycles. The molecule has 0 bridgehead atoms. The Morgan fingerprint density at radius 3 is 2.84 bits per heavy atom. The molecule has 0 unspecified atom stereocenters. The second-order valence-electron chi connectivity index (χ2n) is 7.64. The summed E-state index contributed by atoms with van der Waals surface area (Å²) in [4.78, 5) is 13.7. The second-order valence-corrected chi connectivity index (χ2v) is 7.64. The normalized spacial score (nSPS) is 13.2. The van der Waals surface area contributed by atoms with Gasteiger partial charge in [-0.3, -0.25) is 5.10 Å². The van der Waals surface area contributed by atoms with Crippen LogP contribution in [0.25, 0.3) is 22.4 Å². The van der Waals surface area contributed by atoms with Gasteiger partial charge in [-0.1, -0.05) is 12.1 Å². The van der Waals surface area contributed by atoms with E-state index >= 15 is 0 Å². The van der Waals surface area contributed by atoms with Crippen LogP contribution in [0.4, 0.5) is 21.6 Å². The maximum Gasteiger partial charge on any atom is 0.183 e. The van der Waals surface area contributed by atoms with Gasteiger partial charge in [-0.15, -0.1) is 0 Å². The van der Waals surface area contributed by atoms with Crippen LogP contribution in [0.3, 0.4) is 0 Å². The number of hydrogen-bond donors (Lipinski definition) is 1. The van der Waals surface area contributed by atoms with Gasteiger partial charge in [0, 0.05) is 31.7 Å². The molecular weight excluding hydrogens is 393 g/mol. The monoisotopic (exact) mass is 413 g/mol. The minimum absolute atomic E-state index is 0.308. The Kier molecular flexibility index (Phi) is 4.51. The number of nitrogens with zero attached hydrogens (tertiary/aromatic N) is 6. The molecule has 2 aromatic carbocycles. The molecule has 0 saturated carbocycles. The third-order valence-corrected chi connectivity index (χ3v) is 5.66. The molecule has 0 fully saturated rings. The summed E-state index contributed by atoms with van der Waals surface area (Å²) in [6, 6.07) is 14.1. The number of rotatable bonds is 3. The molecule has 0 saturated heterocycles. The number of hydrogen-bond acceptors (Lipinski definition) is 6. The summed E-state index contributed by atoms with van der Waals surface area (Å²) in [5, 5.41) is 17.7. The first-order chi connectivity index (χ1) is 15.1. The quantitative estimate of drug-likeness (QED) is 0.542. The van der Waals surface area contributed by atoms with E-state index in [1.807, 2.05) is 37.2 Å². The van der Waals surface area contributed by atoms with Crippen LogP contribution in [0.1, 0.15) is 17.7 Å². The van der Waals surface area contributed by atoms with Gasteiger partial charge in [0.1, 0.15) is 17.2 Å². The second kappa shape index (κ2) is 7.36. The van der Waals surface area contributed by atoms with Gasteiger partial charge in [0.15, 0.2) is 11.6 Å². The zero-order chi connectivity index (χ0) is 21.5. The SMILES string of the molecule is CN1CCCc2nc(-c3n[nH]c4cccc(C#N)c34)nc(N(C)c3cccc(F)c3)c21. The first kappa shape index (κ1) is 19.0. The molecule has 0 amide bonds. The highest BCUT2D eigenvalue weighted by Crippen LogP contribution is 2.39. The molecule has 3 heterocycles. The molecular formula is C23H20FN7. The predicted octanol–water partition coefficient (Wildman–Crippen LogP) is 4.18. The average Bonchev–Trinajstić information content (AvgIpc) is 3.22. The number of aryl methyl sites for hydroxylation is 1. The summed E-state index contributed by atoms with van der Waals surface area (Å²) in [6.45, 7) is 0.892. The summed E-state index contributed by atoms with van der Waals surface area (Å²) in [7, 11) is 3.88. The van der Waals surface area contributed by atoms with Crippen LogP contribution in [0.15, 0.2) is 42.5 Å². The van der Waals surface area contributed by atoms with Gasteiger partial charge in [-0.05, 0) is 43.2 Å². The van der Waals surface area contributed by atoms with Crippen molar-refractivity contribution in [2.24, 2.45) is 0 Å². The summed E-state index contributed by atoms with van der Waals surface area (Å²) in [6.07, 6.45) is 1.79. The van der Waals surface area contributed by atoms with E-state index in [9.17, 15) is 9.65 Å². The molecule has 0 atom stereocenters. The zero-order valence-corrected chi connectivity index (χ0v) is 17.2. The lowest BCUT2D eigenvalue weighted by Gasteiger charge is -2.32. The number of aromatic amines is 1. The van der Waals surface area contributed by atoms with Gasteiger partial charge in [-0.2, -0.15) is 10.4 Å². The number of nitrogens with one attached hydrogen (secondary N) is 1. The van der Waals surface area contributed by atoms with Crippen molar-refractivity contribution in [1.82, 2.24) is 20.2 Å². The van der Waals surface area contributed by atoms with Crippen molar-refractivity contribution in [1.29, 1.82) is 5.26 Å². The lowest BCUT2D eigenvalue weighted by atomic mass is 10.1. The smallest absolute Gasteiger partial charge is 0.183 e. The highest BCUT2D eigenvalue weighted by Gasteiger charge is 2.26. The van der Waals surface area contributed by atoms with Crippen molar-refractivity contribution in [3.63, 3.8) is 0 Å². The maximum absolute atomic E-state index is 13.9. The van der Waals surface area contributed by atoms with Crippen LogP contribution in [0, 0.1) is 17.1 Å². The first-order valence-corrected chi connectivity index (χ1v) is 10.1. The highest BCUT2D eigenvalue weighted by atomic mass is 19.1. The minimum atomic E-state index is -0.308. The van der Waals surface area contributed by atoms with Crippen molar-refractivity contribution in [2.45, 2.75) is 12.8 Å². The van der Waals surface area contributed by atoms with Crippen molar-refractivity contribution >= 4 is 28.1 Å². The first-order valence-electron chi connectivity index (χ1n) is 10.1. The summed E-state index contributed by atoms with van der Waals surface area (Å²) in [5.74, 6) is 0.817. The summed E-state index contributed by atoms with van der Waals surface area (Å²) in [5.41, 5.74) is 4.35. The fraction of sp³-hybridized carbons (Fsp3) is 0.217. The largest absolute Gasteiger partial charge is 0.370 e. The van der Waals surface area contributed by atoms with Crippen molar-refractivity contribution in [3.05, 3.63) is 59.5 Å². The third kappa shape index (κ3) is 3.15. The molecule has 1 aliphatic heterocycles. The van der Waals surface area contributed by atoms with Crippen LogP contribution in [-0.4, -0.2) is 40.8 Å². The number of aromatic nitrogens is 4. The predicted molar refractivity (Wildman–Crippen MR) is 118 cm³/mol. The molecule has 4 aromatic rings. The Morgan fingerprint density at radius 1 is 1.19 bits per heavy atom. The Morgan fingerprint density at radius 2 is 2.03 bits per heavy atom. The van der Waals surface area contributed by atoms with Crippen LogP contribution < -0.4 is 9.80 Å². The molecule has 1 N–H and O–H groups in total. The fourth-order valence-electron chi connectivity index (χ4n) is 4.12. The van der Waals surface area contributed by atoms with Crippen molar-refractivity contribution < 1.29 is 4.39 Å². The Hall–Kier alpha value is -3.99. The van der Waals surface area contributed by atoms with E-state index in [0.717, 1.165) is 36.3 Å². The number of halogens is 1. The van der Waals surface area contributed by atoms with E-state index in [0.29, 0.717) is 34.0 Å². The van der Waals surface area contributed by atoms with Crippen LogP contribution in [-0.2, 0) is 6.42 Å². The number of anilines is 3. The average molecular weight is 413 g/mol. The number of nitriles is 1. The fourth-order valence-corrected chi connectivity index (χ4v) is 4.12. The number of H-pyrrole nitrogens is 1. The van der Waals surface area contributed by atoms with E-state index in [1.54, 1.807) is 12.1 Å². The van der Waals surface area contributed by atoms with E-state index in [-0.39, 0.29) is 5.82 Å². The van der Waals surface area contributed by atoms with E-state index in [1.165, 1.54) is 12.1 Å². The summed E-state index contributed by atoms with van der Waals surface area (Å²) < 4.78 is 13.9. The van der Waals surface area contributed by atoms with Gasteiger partial charge in [0.05, 0.1) is 22.8 Å². The van der Waals surface area contributed by atoms with E-state index in [2.05, 4.69) is 21.2 Å². The topological polar surface area (TPSA) is 84.7 Å². The zero-order valence-electron chi connectivity index (χ0n) is 17.2. The van der Waals surface area contributed by atoms with Crippen LogP contribution in [0.5, 0.6) is 0 Å². The Balaban J connectivity index is 1.75. The molecule has 0 aliphatic carbocycles. The van der Waals surface area contributed by atoms with Gasteiger partial charge in [-0.25, -0.2) is 14.4 Å². The van der Waals surface area contributed by atoms with Crippen molar-refractivity contribution in [2.75, 3.05) is 30.4 Å². The Labute approximate surface area is 178 Å². The van der Waals surface area contributed by atoms with Crippen molar-refractivity contribution in [3.8, 4) is 17.6 Å². The molecule has 5 rings (SSSR count). The third-order valence-electron chi connectivity index (χ3n) is 5.66. The molecule has 0 spiro atoms. The molecule has 154 valence electrons. The van der Waals surface area contributed by atoms with Gasteiger partial charge in [0.2, 0.25) is 0 Å². The van der Waals surface area contributed by atoms with Gasteiger partial charge in [0.25, 0.3) is 0 Å². The number of benzene rings is 2. The Bertz CT molecular complexity index is 1340. The summed E-state index contributed by atoms with van der Waals surface area (Å²) >= 11 is 0. The molecule has 8 heteroatoms. The number of fused-ring (bicyclic) bond motifs is 2. The van der Waals surface area contributed by atoms with Gasteiger partial charge >= 0.3 is 0 Å². The molecule has 31 heavy (non-hydrogen) atoms. The van der Waals surface area contributed by atoms with E-state index in [4.69, 9.17) is 9.97 Å². The lowest BCUT2D eigenvalue weighted by Crippen LogP contribution is -2.29. The minimum Gasteiger partial charge on any atom is -0.370 e. The standard InChI is InChI=1S/C23H20FN7/c1-30-11-5-10-18-21(30)23(31(2)16-8-4-7-15(24)12-16)27-22(26-18)20-19-14(13-25)6-3-9-17(19)28-29-20/h3-4,6-9,12H,5,10-11H2,1-2H3,(H,28,29). The molecule has 0 radical (unpaired) electrons. The van der Waals surface area contributed by atoms with E-state index < -0.39 is 0 Å². The molecule has 1 aliphatic rings.